The highest BCUT2D eigenvalue weighted by atomic mass is 19.1. The molecule has 0 aliphatic heterocycles. The van der Waals surface area contributed by atoms with Gasteiger partial charge < -0.3 is 5.32 Å². The molecule has 0 heterocycles. The lowest BCUT2D eigenvalue weighted by Crippen LogP contribution is -2.41. The molecule has 1 fully saturated rings. The molecule has 0 amide bonds. The van der Waals surface area contributed by atoms with Crippen LogP contribution >= 0.6 is 0 Å². The van der Waals surface area contributed by atoms with Crippen molar-refractivity contribution in [1.29, 1.82) is 5.26 Å². The summed E-state index contributed by atoms with van der Waals surface area (Å²) < 4.78 is 13.3. The SMILES string of the molecule is [C-]#[N+]C1(Nc2ccc(C#N)c(F)c2)CCC1. The minimum Gasteiger partial charge on any atom is -0.314 e. The molecule has 0 atom stereocenters. The quantitative estimate of drug-likeness (QED) is 0.770. The van der Waals surface area contributed by atoms with Gasteiger partial charge in [0.2, 0.25) is 0 Å². The molecule has 0 aromatic heterocycles. The second kappa shape index (κ2) is 3.83. The third-order valence-corrected chi connectivity index (χ3v) is 2.86. The van der Waals surface area contributed by atoms with Crippen LogP contribution < -0.4 is 5.32 Å². The zero-order chi connectivity index (χ0) is 11.6. The lowest BCUT2D eigenvalue weighted by molar-refractivity contribution is 0.343. The van der Waals surface area contributed by atoms with Crippen molar-refractivity contribution < 1.29 is 4.39 Å². The van der Waals surface area contributed by atoms with Crippen LogP contribution in [0.1, 0.15) is 24.8 Å². The number of hydrogen-bond donors (Lipinski definition) is 1. The minimum absolute atomic E-state index is 0.0241. The smallest absolute Gasteiger partial charge is 0.305 e. The number of nitriles is 1. The van der Waals surface area contributed by atoms with Gasteiger partial charge in [-0.25, -0.2) is 11.0 Å². The van der Waals surface area contributed by atoms with E-state index in [1.807, 2.05) is 0 Å². The lowest BCUT2D eigenvalue weighted by atomic mass is 9.85. The molecule has 1 N–H and O–H groups in total. The van der Waals surface area contributed by atoms with E-state index < -0.39 is 11.5 Å². The number of nitrogens with one attached hydrogen (secondary N) is 1. The molecule has 1 aromatic carbocycles. The second-order valence-corrected chi connectivity index (χ2v) is 3.93. The third-order valence-electron chi connectivity index (χ3n) is 2.86. The van der Waals surface area contributed by atoms with Gasteiger partial charge in [-0.05, 0) is 24.6 Å². The molecule has 0 bridgehead atoms. The maximum absolute atomic E-state index is 13.3. The fourth-order valence-corrected chi connectivity index (χ4v) is 1.73. The summed E-state index contributed by atoms with van der Waals surface area (Å²) in [6.45, 7) is 7.11. The summed E-state index contributed by atoms with van der Waals surface area (Å²) in [4.78, 5) is 3.54. The molecule has 1 aliphatic rings. The largest absolute Gasteiger partial charge is 0.314 e. The fraction of sp³-hybridized carbons (Fsp3) is 0.333. The summed E-state index contributed by atoms with van der Waals surface area (Å²) in [5.41, 5.74) is 0.0314. The average Bonchev–Trinajstić information content (AvgIpc) is 2.24. The molecule has 1 saturated carbocycles. The van der Waals surface area contributed by atoms with Crippen molar-refractivity contribution in [1.82, 2.24) is 0 Å². The van der Waals surface area contributed by atoms with Gasteiger partial charge in [-0.2, -0.15) is 5.26 Å². The van der Waals surface area contributed by atoms with Crippen molar-refractivity contribution in [2.45, 2.75) is 24.9 Å². The minimum atomic E-state index is -0.555. The lowest BCUT2D eigenvalue weighted by Gasteiger charge is -2.31. The van der Waals surface area contributed by atoms with E-state index in [0.29, 0.717) is 5.69 Å². The normalized spacial score (nSPS) is 16.7. The Morgan fingerprint density at radius 3 is 2.69 bits per heavy atom. The summed E-state index contributed by atoms with van der Waals surface area (Å²) in [7, 11) is 0. The van der Waals surface area contributed by atoms with Crippen LogP contribution in [-0.2, 0) is 0 Å². The number of rotatable bonds is 2. The maximum Gasteiger partial charge on any atom is 0.305 e. The van der Waals surface area contributed by atoms with Crippen molar-refractivity contribution in [2.75, 3.05) is 5.32 Å². The van der Waals surface area contributed by atoms with E-state index in [1.54, 1.807) is 12.1 Å². The highest BCUT2D eigenvalue weighted by Gasteiger charge is 2.43. The van der Waals surface area contributed by atoms with Crippen LogP contribution in [0.4, 0.5) is 10.1 Å². The van der Waals surface area contributed by atoms with Crippen LogP contribution in [-0.4, -0.2) is 5.66 Å². The first kappa shape index (κ1) is 10.4. The summed E-state index contributed by atoms with van der Waals surface area (Å²) >= 11 is 0. The fourth-order valence-electron chi connectivity index (χ4n) is 1.73. The highest BCUT2D eigenvalue weighted by molar-refractivity contribution is 5.51. The summed E-state index contributed by atoms with van der Waals surface area (Å²) in [6, 6.07) is 6.09. The Bertz CT molecular complexity index is 492. The Morgan fingerprint density at radius 1 is 1.50 bits per heavy atom. The first-order chi connectivity index (χ1) is 7.69. The van der Waals surface area contributed by atoms with Gasteiger partial charge in [0.1, 0.15) is 11.9 Å². The number of benzene rings is 1. The molecule has 1 aliphatic carbocycles. The Balaban J connectivity index is 2.21. The van der Waals surface area contributed by atoms with Gasteiger partial charge in [0.05, 0.1) is 5.56 Å². The molecular formula is C12H10FN3. The van der Waals surface area contributed by atoms with Gasteiger partial charge in [-0.15, -0.1) is 0 Å². The Morgan fingerprint density at radius 2 is 2.25 bits per heavy atom. The van der Waals surface area contributed by atoms with Crippen molar-refractivity contribution in [3.8, 4) is 6.07 Å². The highest BCUT2D eigenvalue weighted by Crippen LogP contribution is 2.36. The number of nitrogens with zero attached hydrogens (tertiary/aromatic N) is 2. The van der Waals surface area contributed by atoms with E-state index in [0.717, 1.165) is 19.3 Å². The van der Waals surface area contributed by atoms with E-state index in [2.05, 4.69) is 10.2 Å². The van der Waals surface area contributed by atoms with Gasteiger partial charge in [0.25, 0.3) is 0 Å². The van der Waals surface area contributed by atoms with Gasteiger partial charge in [0, 0.05) is 18.5 Å². The van der Waals surface area contributed by atoms with E-state index in [1.165, 1.54) is 12.1 Å². The van der Waals surface area contributed by atoms with Crippen LogP contribution in [0.5, 0.6) is 0 Å². The molecule has 0 spiro atoms. The van der Waals surface area contributed by atoms with Gasteiger partial charge >= 0.3 is 5.66 Å². The topological polar surface area (TPSA) is 40.2 Å². The average molecular weight is 215 g/mol. The zero-order valence-electron chi connectivity index (χ0n) is 8.63. The van der Waals surface area contributed by atoms with Crippen molar-refractivity contribution in [2.24, 2.45) is 0 Å². The Labute approximate surface area is 93.3 Å². The van der Waals surface area contributed by atoms with Crippen LogP contribution in [0.3, 0.4) is 0 Å². The third kappa shape index (κ3) is 1.70. The Kier molecular flexibility index (Phi) is 2.50. The summed E-state index contributed by atoms with van der Waals surface area (Å²) in [5.74, 6) is -0.549. The van der Waals surface area contributed by atoms with Crippen molar-refractivity contribution in [3.05, 3.63) is 41.0 Å². The molecule has 4 heteroatoms. The van der Waals surface area contributed by atoms with Crippen molar-refractivity contribution >= 4 is 5.69 Å². The van der Waals surface area contributed by atoms with E-state index in [4.69, 9.17) is 11.8 Å². The first-order valence-corrected chi connectivity index (χ1v) is 5.05. The van der Waals surface area contributed by atoms with E-state index in [9.17, 15) is 4.39 Å². The number of halogens is 1. The van der Waals surface area contributed by atoms with Gasteiger partial charge in [-0.3, -0.25) is 4.85 Å². The summed E-state index contributed by atoms with van der Waals surface area (Å²) in [5, 5.41) is 11.6. The zero-order valence-corrected chi connectivity index (χ0v) is 8.63. The van der Waals surface area contributed by atoms with Crippen LogP contribution in [0, 0.1) is 23.7 Å². The van der Waals surface area contributed by atoms with Crippen LogP contribution in [0.2, 0.25) is 0 Å². The predicted molar refractivity (Wildman–Crippen MR) is 57.9 cm³/mol. The van der Waals surface area contributed by atoms with Crippen LogP contribution in [0.25, 0.3) is 4.85 Å². The molecular weight excluding hydrogens is 205 g/mol. The Hall–Kier alpha value is -2.07. The second-order valence-electron chi connectivity index (χ2n) is 3.93. The monoisotopic (exact) mass is 215 g/mol. The molecule has 0 saturated heterocycles. The van der Waals surface area contributed by atoms with Crippen molar-refractivity contribution in [3.63, 3.8) is 0 Å². The predicted octanol–water partition coefficient (Wildman–Crippen LogP) is 2.91. The number of anilines is 1. The molecule has 0 radical (unpaired) electrons. The van der Waals surface area contributed by atoms with Gasteiger partial charge in [-0.1, -0.05) is 0 Å². The number of hydrogen-bond acceptors (Lipinski definition) is 2. The van der Waals surface area contributed by atoms with E-state index >= 15 is 0 Å². The maximum atomic E-state index is 13.3. The van der Waals surface area contributed by atoms with Crippen LogP contribution in [0.15, 0.2) is 18.2 Å². The molecule has 1 aromatic rings. The molecule has 2 rings (SSSR count). The molecule has 16 heavy (non-hydrogen) atoms. The van der Waals surface area contributed by atoms with E-state index in [-0.39, 0.29) is 5.56 Å². The molecule has 0 unspecified atom stereocenters. The summed E-state index contributed by atoms with van der Waals surface area (Å²) in [6.07, 6.45) is 2.60. The first-order valence-electron chi connectivity index (χ1n) is 5.05. The standard InChI is InChI=1S/C12H10FN3/c1-15-12(5-2-6-12)16-10-4-3-9(8-14)11(13)7-10/h3-4,7,16H,2,5-6H2. The molecule has 3 nitrogen and oxygen atoms in total. The van der Waals surface area contributed by atoms with Gasteiger partial charge in [0.15, 0.2) is 0 Å². The molecule has 80 valence electrons.